The van der Waals surface area contributed by atoms with E-state index in [1.165, 1.54) is 35.1 Å². The molecule has 0 saturated heterocycles. The van der Waals surface area contributed by atoms with Gasteiger partial charge in [-0.3, -0.25) is 0 Å². The number of hydrogen-bond acceptors (Lipinski definition) is 2. The Balaban J connectivity index is 0.00000169. The molecule has 0 fully saturated rings. The molecule has 2 aromatic rings. The molecule has 128 valence electrons. The van der Waals surface area contributed by atoms with E-state index in [2.05, 4.69) is 67.5 Å². The van der Waals surface area contributed by atoms with Crippen LogP contribution in [0.3, 0.4) is 0 Å². The zero-order chi connectivity index (χ0) is 15.9. The van der Waals surface area contributed by atoms with E-state index in [0.29, 0.717) is 5.92 Å². The molecule has 0 amide bonds. The first kappa shape index (κ1) is 17.5. The van der Waals surface area contributed by atoms with E-state index in [0.717, 1.165) is 19.8 Å². The molecule has 0 unspecified atom stereocenters. The SMILES string of the molecule is CN(C)CCOCC12CCC(c3ccccc31)c1ccccc12.Cl. The Labute approximate surface area is 151 Å². The van der Waals surface area contributed by atoms with Crippen LogP contribution in [-0.4, -0.2) is 38.8 Å². The number of hydrogen-bond donors (Lipinski definition) is 0. The van der Waals surface area contributed by atoms with Gasteiger partial charge in [-0.15, -0.1) is 12.4 Å². The van der Waals surface area contributed by atoms with E-state index in [1.54, 1.807) is 0 Å². The molecule has 3 heteroatoms. The Bertz CT molecular complexity index is 665. The molecule has 2 nitrogen and oxygen atoms in total. The summed E-state index contributed by atoms with van der Waals surface area (Å²) in [4.78, 5) is 2.18. The molecule has 0 radical (unpaired) electrons. The van der Waals surface area contributed by atoms with Gasteiger partial charge in [-0.2, -0.15) is 0 Å². The summed E-state index contributed by atoms with van der Waals surface area (Å²) in [5, 5.41) is 0. The molecule has 0 aliphatic heterocycles. The minimum atomic E-state index is 0. The molecule has 0 atom stereocenters. The maximum Gasteiger partial charge on any atom is 0.0604 e. The molecule has 0 heterocycles. The molecular formula is C21H26ClNO. The maximum absolute atomic E-state index is 6.17. The van der Waals surface area contributed by atoms with E-state index >= 15 is 0 Å². The molecule has 0 saturated carbocycles. The second kappa shape index (κ2) is 6.87. The Morgan fingerprint density at radius 2 is 1.58 bits per heavy atom. The monoisotopic (exact) mass is 343 g/mol. The lowest BCUT2D eigenvalue weighted by Crippen LogP contribution is -2.44. The fraction of sp³-hybridized carbons (Fsp3) is 0.429. The molecule has 0 spiro atoms. The van der Waals surface area contributed by atoms with Gasteiger partial charge in [0.05, 0.1) is 13.2 Å². The van der Waals surface area contributed by atoms with E-state index in [9.17, 15) is 0 Å². The third kappa shape index (κ3) is 2.67. The average molecular weight is 344 g/mol. The highest BCUT2D eigenvalue weighted by Gasteiger charge is 2.48. The van der Waals surface area contributed by atoms with Gasteiger partial charge in [-0.1, -0.05) is 48.5 Å². The van der Waals surface area contributed by atoms with Crippen molar-refractivity contribution in [1.29, 1.82) is 0 Å². The van der Waals surface area contributed by atoms with Crippen molar-refractivity contribution in [3.05, 3.63) is 70.8 Å². The molecule has 3 aliphatic rings. The average Bonchev–Trinajstić information content (AvgIpc) is 2.59. The molecule has 24 heavy (non-hydrogen) atoms. The Morgan fingerprint density at radius 1 is 1.00 bits per heavy atom. The van der Waals surface area contributed by atoms with Gasteiger partial charge in [0.2, 0.25) is 0 Å². The van der Waals surface area contributed by atoms with E-state index in [1.807, 2.05) is 0 Å². The Kier molecular flexibility index (Phi) is 5.00. The fourth-order valence-electron chi connectivity index (χ4n) is 4.48. The zero-order valence-corrected chi connectivity index (χ0v) is 15.3. The first-order valence-corrected chi connectivity index (χ1v) is 8.64. The van der Waals surface area contributed by atoms with Crippen LogP contribution in [0.4, 0.5) is 0 Å². The van der Waals surface area contributed by atoms with Crippen molar-refractivity contribution in [2.75, 3.05) is 33.9 Å². The Hall–Kier alpha value is -1.35. The molecule has 2 aromatic carbocycles. The van der Waals surface area contributed by atoms with Gasteiger partial charge in [0, 0.05) is 17.9 Å². The summed E-state index contributed by atoms with van der Waals surface area (Å²) < 4.78 is 6.17. The second-order valence-electron chi connectivity index (χ2n) is 7.20. The van der Waals surface area contributed by atoms with E-state index in [-0.39, 0.29) is 17.8 Å². The van der Waals surface area contributed by atoms with Crippen LogP contribution in [0.15, 0.2) is 48.5 Å². The van der Waals surface area contributed by atoms with Crippen LogP contribution < -0.4 is 0 Å². The van der Waals surface area contributed by atoms with Gasteiger partial charge in [0.25, 0.3) is 0 Å². The van der Waals surface area contributed by atoms with Crippen molar-refractivity contribution in [1.82, 2.24) is 4.90 Å². The minimum Gasteiger partial charge on any atom is -0.379 e. The number of benzene rings is 2. The molecule has 2 bridgehead atoms. The molecule has 5 rings (SSSR count). The van der Waals surface area contributed by atoms with Crippen molar-refractivity contribution < 1.29 is 4.74 Å². The topological polar surface area (TPSA) is 12.5 Å². The highest BCUT2D eigenvalue weighted by molar-refractivity contribution is 5.85. The first-order valence-electron chi connectivity index (χ1n) is 8.64. The summed E-state index contributed by atoms with van der Waals surface area (Å²) in [6.07, 6.45) is 2.44. The van der Waals surface area contributed by atoms with Crippen molar-refractivity contribution >= 4 is 12.4 Å². The standard InChI is InChI=1S/C21H25NO.ClH/c1-22(2)13-14-23-15-21-12-11-16(17-7-3-5-9-19(17)21)18-8-4-6-10-20(18)21;/h3-10,16H,11-15H2,1-2H3;1H. The van der Waals surface area contributed by atoms with Crippen LogP contribution in [0.5, 0.6) is 0 Å². The minimum absolute atomic E-state index is 0. The third-order valence-corrected chi connectivity index (χ3v) is 5.59. The summed E-state index contributed by atoms with van der Waals surface area (Å²) >= 11 is 0. The van der Waals surface area contributed by atoms with Gasteiger partial charge in [-0.05, 0) is 49.2 Å². The molecule has 0 aromatic heterocycles. The summed E-state index contributed by atoms with van der Waals surface area (Å²) in [5.41, 5.74) is 6.09. The summed E-state index contributed by atoms with van der Waals surface area (Å²) in [6.45, 7) is 2.56. The highest BCUT2D eigenvalue weighted by atomic mass is 35.5. The van der Waals surface area contributed by atoms with Gasteiger partial charge < -0.3 is 9.64 Å². The Morgan fingerprint density at radius 3 is 2.17 bits per heavy atom. The predicted octanol–water partition coefficient (Wildman–Crippen LogP) is 4.21. The van der Waals surface area contributed by atoms with Crippen LogP contribution in [0, 0.1) is 0 Å². The molecule has 3 aliphatic carbocycles. The largest absolute Gasteiger partial charge is 0.379 e. The summed E-state index contributed by atoms with van der Waals surface area (Å²) in [7, 11) is 4.19. The molecular weight excluding hydrogens is 318 g/mol. The van der Waals surface area contributed by atoms with E-state index in [4.69, 9.17) is 4.74 Å². The van der Waals surface area contributed by atoms with Crippen LogP contribution >= 0.6 is 12.4 Å². The van der Waals surface area contributed by atoms with Crippen LogP contribution in [0.2, 0.25) is 0 Å². The predicted molar refractivity (Wildman–Crippen MR) is 101 cm³/mol. The number of nitrogens with zero attached hydrogens (tertiary/aromatic N) is 1. The lowest BCUT2D eigenvalue weighted by molar-refractivity contribution is 0.0739. The first-order chi connectivity index (χ1) is 11.2. The number of fused-ring (bicyclic) bond motifs is 1. The number of halogens is 1. The lowest BCUT2D eigenvalue weighted by atomic mass is 9.55. The van der Waals surface area contributed by atoms with Crippen LogP contribution in [-0.2, 0) is 10.2 Å². The number of ether oxygens (including phenoxy) is 1. The normalized spacial score (nSPS) is 23.5. The van der Waals surface area contributed by atoms with E-state index < -0.39 is 0 Å². The third-order valence-electron chi connectivity index (χ3n) is 5.59. The zero-order valence-electron chi connectivity index (χ0n) is 14.5. The van der Waals surface area contributed by atoms with Crippen molar-refractivity contribution in [2.24, 2.45) is 0 Å². The lowest BCUT2D eigenvalue weighted by Gasteiger charge is -2.49. The van der Waals surface area contributed by atoms with Crippen molar-refractivity contribution in [3.8, 4) is 0 Å². The van der Waals surface area contributed by atoms with Crippen LogP contribution in [0.25, 0.3) is 0 Å². The summed E-state index contributed by atoms with van der Waals surface area (Å²) in [5.74, 6) is 0.575. The fourth-order valence-corrected chi connectivity index (χ4v) is 4.48. The van der Waals surface area contributed by atoms with Crippen LogP contribution in [0.1, 0.15) is 41.0 Å². The number of likely N-dealkylation sites (N-methyl/N-ethyl adjacent to an activating group) is 1. The van der Waals surface area contributed by atoms with Crippen molar-refractivity contribution in [2.45, 2.75) is 24.2 Å². The summed E-state index contributed by atoms with van der Waals surface area (Å²) in [6, 6.07) is 18.0. The highest BCUT2D eigenvalue weighted by Crippen LogP contribution is 2.56. The second-order valence-corrected chi connectivity index (χ2v) is 7.20. The number of rotatable bonds is 5. The molecule has 0 N–H and O–H groups in total. The quantitative estimate of drug-likeness (QED) is 0.754. The smallest absolute Gasteiger partial charge is 0.0604 e. The van der Waals surface area contributed by atoms with Gasteiger partial charge >= 0.3 is 0 Å². The van der Waals surface area contributed by atoms with Gasteiger partial charge in [0.15, 0.2) is 0 Å². The maximum atomic E-state index is 6.17. The van der Waals surface area contributed by atoms with Crippen molar-refractivity contribution in [3.63, 3.8) is 0 Å². The van der Waals surface area contributed by atoms with Gasteiger partial charge in [-0.25, -0.2) is 0 Å². The van der Waals surface area contributed by atoms with Gasteiger partial charge in [0.1, 0.15) is 0 Å².